The minimum absolute atomic E-state index is 0.146. The number of methoxy groups -OCH3 is 1. The molecule has 1 saturated carbocycles. The Labute approximate surface area is 115 Å². The van der Waals surface area contributed by atoms with E-state index in [2.05, 4.69) is 10.1 Å². The van der Waals surface area contributed by atoms with Crippen molar-refractivity contribution in [2.24, 2.45) is 5.41 Å². The normalized spacial score (nSPS) is 15.5. The van der Waals surface area contributed by atoms with Crippen molar-refractivity contribution >= 4 is 17.3 Å². The number of nitro groups is 1. The first-order chi connectivity index (χ1) is 9.51. The van der Waals surface area contributed by atoms with Crippen LogP contribution in [0.2, 0.25) is 0 Å². The summed E-state index contributed by atoms with van der Waals surface area (Å²) in [6, 6.07) is 3.93. The maximum Gasteiger partial charge on any atom is 0.337 e. The molecule has 0 aliphatic heterocycles. The van der Waals surface area contributed by atoms with Crippen LogP contribution in [-0.4, -0.2) is 31.2 Å². The molecule has 0 radical (unpaired) electrons. The van der Waals surface area contributed by atoms with Gasteiger partial charge in [-0.25, -0.2) is 4.79 Å². The van der Waals surface area contributed by atoms with Crippen LogP contribution in [0.4, 0.5) is 15.8 Å². The lowest BCUT2D eigenvalue weighted by atomic mass is 10.1. The molecule has 0 bridgehead atoms. The van der Waals surface area contributed by atoms with Crippen LogP contribution in [0, 0.1) is 15.5 Å². The fourth-order valence-corrected chi connectivity index (χ4v) is 1.90. The number of benzene rings is 1. The fourth-order valence-electron chi connectivity index (χ4n) is 1.90. The number of alkyl halides is 1. The molecule has 1 aliphatic carbocycles. The van der Waals surface area contributed by atoms with Gasteiger partial charge >= 0.3 is 5.97 Å². The number of nitro benzene ring substituents is 1. The van der Waals surface area contributed by atoms with Gasteiger partial charge in [0.25, 0.3) is 5.69 Å². The fraction of sp³-hybridized carbons (Fsp3) is 0.462. The van der Waals surface area contributed by atoms with Gasteiger partial charge in [-0.3, -0.25) is 14.5 Å². The lowest BCUT2D eigenvalue weighted by Gasteiger charge is -2.13. The molecule has 0 heterocycles. The zero-order chi connectivity index (χ0) is 14.8. The van der Waals surface area contributed by atoms with Crippen molar-refractivity contribution in [3.05, 3.63) is 33.9 Å². The van der Waals surface area contributed by atoms with Crippen molar-refractivity contribution < 1.29 is 18.8 Å². The lowest BCUT2D eigenvalue weighted by Crippen LogP contribution is -2.18. The van der Waals surface area contributed by atoms with E-state index in [1.54, 1.807) is 0 Å². The number of hydrogen-bond acceptors (Lipinski definition) is 5. The molecule has 1 aliphatic rings. The number of rotatable bonds is 6. The highest BCUT2D eigenvalue weighted by Crippen LogP contribution is 2.46. The van der Waals surface area contributed by atoms with E-state index in [9.17, 15) is 19.3 Å². The molecule has 20 heavy (non-hydrogen) atoms. The second kappa shape index (κ2) is 5.44. The summed E-state index contributed by atoms with van der Waals surface area (Å²) < 4.78 is 17.4. The van der Waals surface area contributed by atoms with Crippen LogP contribution >= 0.6 is 0 Å². The van der Waals surface area contributed by atoms with Gasteiger partial charge in [0, 0.05) is 18.0 Å². The van der Waals surface area contributed by atoms with Gasteiger partial charge in [0.15, 0.2) is 0 Å². The van der Waals surface area contributed by atoms with Crippen molar-refractivity contribution in [3.63, 3.8) is 0 Å². The second-order valence-corrected chi connectivity index (χ2v) is 4.97. The highest BCUT2D eigenvalue weighted by molar-refractivity contribution is 5.91. The summed E-state index contributed by atoms with van der Waals surface area (Å²) in [5.74, 6) is -0.574. The molecule has 0 atom stereocenters. The first kappa shape index (κ1) is 14.2. The van der Waals surface area contributed by atoms with E-state index in [1.807, 2.05) is 0 Å². The molecule has 1 N–H and O–H groups in total. The van der Waals surface area contributed by atoms with Crippen LogP contribution in [-0.2, 0) is 4.74 Å². The number of esters is 1. The molecule has 0 spiro atoms. The standard InChI is InChI=1S/C13H15FN2O4/c1-20-12(17)9-2-3-11(16(18)19)10(6-9)15-8-13(7-14)4-5-13/h2-3,6,15H,4-5,7-8H2,1H3. The van der Waals surface area contributed by atoms with E-state index in [1.165, 1.54) is 25.3 Å². The molecule has 0 aromatic heterocycles. The van der Waals surface area contributed by atoms with E-state index < -0.39 is 23.0 Å². The van der Waals surface area contributed by atoms with Gasteiger partial charge in [0.1, 0.15) is 5.69 Å². The number of carbonyl (C=O) groups excluding carboxylic acids is 1. The summed E-state index contributed by atoms with van der Waals surface area (Å²) >= 11 is 0. The molecule has 0 amide bonds. The smallest absolute Gasteiger partial charge is 0.337 e. The SMILES string of the molecule is COC(=O)c1ccc([N+](=O)[O-])c(NCC2(CF)CC2)c1. The van der Waals surface area contributed by atoms with Crippen molar-refractivity contribution in [2.75, 3.05) is 25.6 Å². The minimum atomic E-state index is -0.574. The maximum absolute atomic E-state index is 12.8. The third-order valence-electron chi connectivity index (χ3n) is 3.51. The summed E-state index contributed by atoms with van der Waals surface area (Å²) in [6.45, 7) is -0.139. The van der Waals surface area contributed by atoms with Crippen LogP contribution in [0.25, 0.3) is 0 Å². The summed E-state index contributed by atoms with van der Waals surface area (Å²) in [5, 5.41) is 13.8. The van der Waals surface area contributed by atoms with Gasteiger partial charge in [-0.05, 0) is 25.0 Å². The van der Waals surface area contributed by atoms with Crippen LogP contribution in [0.3, 0.4) is 0 Å². The first-order valence-electron chi connectivity index (χ1n) is 6.18. The van der Waals surface area contributed by atoms with Crippen molar-refractivity contribution in [3.8, 4) is 0 Å². The lowest BCUT2D eigenvalue weighted by molar-refractivity contribution is -0.384. The van der Waals surface area contributed by atoms with Gasteiger partial charge in [0.2, 0.25) is 0 Å². The molecule has 108 valence electrons. The zero-order valence-electron chi connectivity index (χ0n) is 11.0. The Morgan fingerprint density at radius 1 is 1.55 bits per heavy atom. The maximum atomic E-state index is 12.8. The van der Waals surface area contributed by atoms with Crippen molar-refractivity contribution in [1.29, 1.82) is 0 Å². The molecule has 0 unspecified atom stereocenters. The Balaban J connectivity index is 2.22. The Kier molecular flexibility index (Phi) is 3.87. The van der Waals surface area contributed by atoms with E-state index in [0.29, 0.717) is 6.54 Å². The topological polar surface area (TPSA) is 81.5 Å². The molecule has 1 fully saturated rings. The van der Waals surface area contributed by atoms with E-state index in [4.69, 9.17) is 0 Å². The van der Waals surface area contributed by atoms with Crippen LogP contribution in [0.15, 0.2) is 18.2 Å². The third-order valence-corrected chi connectivity index (χ3v) is 3.51. The van der Waals surface area contributed by atoms with Crippen LogP contribution in [0.1, 0.15) is 23.2 Å². The van der Waals surface area contributed by atoms with Crippen LogP contribution < -0.4 is 5.32 Å². The molecule has 2 rings (SSSR count). The number of nitrogens with zero attached hydrogens (tertiary/aromatic N) is 1. The monoisotopic (exact) mass is 282 g/mol. The summed E-state index contributed by atoms with van der Waals surface area (Å²) in [4.78, 5) is 21.9. The molecule has 7 heteroatoms. The Morgan fingerprint density at radius 3 is 2.75 bits per heavy atom. The highest BCUT2D eigenvalue weighted by atomic mass is 19.1. The number of anilines is 1. The Hall–Kier alpha value is -2.18. The number of ether oxygens (including phenoxy) is 1. The summed E-state index contributed by atoms with van der Waals surface area (Å²) in [7, 11) is 1.24. The first-order valence-corrected chi connectivity index (χ1v) is 6.18. The number of halogens is 1. The molecule has 1 aromatic rings. The van der Waals surface area contributed by atoms with Gasteiger partial charge in [0.05, 0.1) is 24.3 Å². The number of carbonyl (C=O) groups is 1. The predicted octanol–water partition coefficient (Wildman–Crippen LogP) is 2.54. The average Bonchev–Trinajstić information content (AvgIpc) is 3.24. The van der Waals surface area contributed by atoms with Crippen molar-refractivity contribution in [2.45, 2.75) is 12.8 Å². The second-order valence-electron chi connectivity index (χ2n) is 4.97. The summed E-state index contributed by atoms with van der Waals surface area (Å²) in [5.41, 5.74) is -0.134. The molecule has 6 nitrogen and oxygen atoms in total. The largest absolute Gasteiger partial charge is 0.465 e. The Bertz CT molecular complexity index is 543. The Morgan fingerprint density at radius 2 is 2.25 bits per heavy atom. The molecule has 1 aromatic carbocycles. The van der Waals surface area contributed by atoms with Crippen molar-refractivity contribution in [1.82, 2.24) is 0 Å². The third kappa shape index (κ3) is 2.87. The molecular weight excluding hydrogens is 267 g/mol. The number of nitrogens with one attached hydrogen (secondary N) is 1. The summed E-state index contributed by atoms with van der Waals surface area (Å²) in [6.07, 6.45) is 1.53. The van der Waals surface area contributed by atoms with Crippen LogP contribution in [0.5, 0.6) is 0 Å². The zero-order valence-corrected chi connectivity index (χ0v) is 11.0. The van der Waals surface area contributed by atoms with E-state index in [-0.39, 0.29) is 16.9 Å². The van der Waals surface area contributed by atoms with Gasteiger partial charge in [-0.2, -0.15) is 0 Å². The highest BCUT2D eigenvalue weighted by Gasteiger charge is 2.42. The molecule has 0 saturated heterocycles. The van der Waals surface area contributed by atoms with E-state index >= 15 is 0 Å². The molecular formula is C13H15FN2O4. The minimum Gasteiger partial charge on any atom is -0.465 e. The van der Waals surface area contributed by atoms with Gasteiger partial charge < -0.3 is 10.1 Å². The van der Waals surface area contributed by atoms with Gasteiger partial charge in [-0.1, -0.05) is 0 Å². The quantitative estimate of drug-likeness (QED) is 0.492. The average molecular weight is 282 g/mol. The van der Waals surface area contributed by atoms with E-state index in [0.717, 1.165) is 12.8 Å². The van der Waals surface area contributed by atoms with Gasteiger partial charge in [-0.15, -0.1) is 0 Å². The predicted molar refractivity (Wildman–Crippen MR) is 70.6 cm³/mol. The number of hydrogen-bond donors (Lipinski definition) is 1.